The van der Waals surface area contributed by atoms with Crippen molar-refractivity contribution in [3.05, 3.63) is 71.9 Å². The molecule has 2 aliphatic rings. The Morgan fingerprint density at radius 1 is 1.06 bits per heavy atom. The fourth-order valence-electron chi connectivity index (χ4n) is 5.72. The van der Waals surface area contributed by atoms with Gasteiger partial charge in [-0.3, -0.25) is 4.79 Å². The molecule has 0 radical (unpaired) electrons. The van der Waals surface area contributed by atoms with Gasteiger partial charge in [0.25, 0.3) is 0 Å². The first-order chi connectivity index (χ1) is 16.5. The molecule has 6 heteroatoms. The second kappa shape index (κ2) is 9.53. The topological polar surface area (TPSA) is 83.2 Å². The highest BCUT2D eigenvalue weighted by atomic mass is 16.6. The quantitative estimate of drug-likeness (QED) is 0.455. The van der Waals surface area contributed by atoms with E-state index in [-0.39, 0.29) is 12.0 Å². The number of para-hydroxylation sites is 1. The molecular weight excluding hydrogens is 426 g/mol. The molecule has 6 nitrogen and oxygen atoms in total. The molecule has 0 spiro atoms. The van der Waals surface area contributed by atoms with Crippen molar-refractivity contribution in [2.24, 2.45) is 11.8 Å². The number of hydrogen-bond donors (Lipinski definition) is 3. The summed E-state index contributed by atoms with van der Waals surface area (Å²) >= 11 is 0. The van der Waals surface area contributed by atoms with Gasteiger partial charge in [-0.05, 0) is 68.1 Å². The Morgan fingerprint density at radius 3 is 2.62 bits per heavy atom. The number of benzene rings is 2. The summed E-state index contributed by atoms with van der Waals surface area (Å²) in [6.07, 6.45) is 6.96. The second-order valence-electron chi connectivity index (χ2n) is 10.1. The van der Waals surface area contributed by atoms with E-state index in [1.54, 1.807) is 6.92 Å². The van der Waals surface area contributed by atoms with Crippen LogP contribution in [0.5, 0.6) is 0 Å². The van der Waals surface area contributed by atoms with Crippen LogP contribution in [0.4, 0.5) is 4.79 Å². The van der Waals surface area contributed by atoms with Crippen LogP contribution in [0.1, 0.15) is 43.7 Å². The van der Waals surface area contributed by atoms with E-state index in [0.717, 1.165) is 47.7 Å². The van der Waals surface area contributed by atoms with E-state index in [1.807, 2.05) is 60.8 Å². The smallest absolute Gasteiger partial charge is 0.408 e. The number of rotatable bonds is 8. The van der Waals surface area contributed by atoms with Gasteiger partial charge in [0.2, 0.25) is 5.91 Å². The van der Waals surface area contributed by atoms with Crippen LogP contribution in [0.2, 0.25) is 0 Å². The van der Waals surface area contributed by atoms with Gasteiger partial charge in [-0.15, -0.1) is 0 Å². The number of ether oxygens (including phenoxy) is 1. The summed E-state index contributed by atoms with van der Waals surface area (Å²) in [7, 11) is 0. The van der Waals surface area contributed by atoms with Gasteiger partial charge < -0.3 is 20.4 Å². The van der Waals surface area contributed by atoms with Gasteiger partial charge in [0.05, 0.1) is 0 Å². The number of aromatic nitrogens is 1. The van der Waals surface area contributed by atoms with Crippen molar-refractivity contribution in [3.63, 3.8) is 0 Å². The number of aromatic amines is 1. The Kier molecular flexibility index (Phi) is 6.31. The molecule has 4 atom stereocenters. The molecule has 2 aromatic carbocycles. The van der Waals surface area contributed by atoms with Gasteiger partial charge in [0, 0.05) is 30.1 Å². The van der Waals surface area contributed by atoms with E-state index in [1.165, 1.54) is 6.42 Å². The average Bonchev–Trinajstić information content (AvgIpc) is 3.56. The first-order valence-corrected chi connectivity index (χ1v) is 12.4. The number of amides is 2. The Labute approximate surface area is 200 Å². The first kappa shape index (κ1) is 22.5. The predicted molar refractivity (Wildman–Crippen MR) is 132 cm³/mol. The molecule has 2 saturated carbocycles. The van der Waals surface area contributed by atoms with Crippen molar-refractivity contribution in [2.75, 3.05) is 6.54 Å². The van der Waals surface area contributed by atoms with E-state index in [4.69, 9.17) is 4.74 Å². The standard InChI is InChI=1S/C28H33N3O3/c1-28(17-22-18-30-24-10-6-5-9-23(22)24,26(32)29-14-13-19-7-3-2-4-8-19)31-27(33)34-25-16-20-11-12-21(25)15-20/h2-10,18,20-21,25,30H,11-17H2,1H3,(H,29,32)(H,31,33)/t20-,21+,25+,28-/m0/s1. The second-order valence-corrected chi connectivity index (χ2v) is 10.1. The van der Waals surface area contributed by atoms with Crippen LogP contribution in [0.15, 0.2) is 60.8 Å². The van der Waals surface area contributed by atoms with Crippen LogP contribution >= 0.6 is 0 Å². The molecule has 5 rings (SSSR count). The summed E-state index contributed by atoms with van der Waals surface area (Å²) in [5.41, 5.74) is 2.01. The third-order valence-electron chi connectivity index (χ3n) is 7.57. The molecule has 0 saturated heterocycles. The molecular formula is C28H33N3O3. The van der Waals surface area contributed by atoms with Crippen LogP contribution in [0.3, 0.4) is 0 Å². The maximum atomic E-state index is 13.4. The van der Waals surface area contributed by atoms with E-state index in [2.05, 4.69) is 15.6 Å². The zero-order chi connectivity index (χ0) is 23.5. The number of nitrogens with one attached hydrogen (secondary N) is 3. The summed E-state index contributed by atoms with van der Waals surface area (Å²) in [5.74, 6) is 0.940. The van der Waals surface area contributed by atoms with Crippen molar-refractivity contribution >= 4 is 22.9 Å². The zero-order valence-corrected chi connectivity index (χ0v) is 19.7. The van der Waals surface area contributed by atoms with Gasteiger partial charge in [-0.25, -0.2) is 4.79 Å². The molecule has 2 bridgehead atoms. The van der Waals surface area contributed by atoms with E-state index >= 15 is 0 Å². The summed E-state index contributed by atoms with van der Waals surface area (Å²) in [6.45, 7) is 2.28. The largest absolute Gasteiger partial charge is 0.446 e. The average molecular weight is 460 g/mol. The maximum absolute atomic E-state index is 13.4. The van der Waals surface area contributed by atoms with Crippen LogP contribution in [0.25, 0.3) is 10.9 Å². The lowest BCUT2D eigenvalue weighted by atomic mass is 9.91. The molecule has 2 amide bonds. The monoisotopic (exact) mass is 459 g/mol. The number of H-pyrrole nitrogens is 1. The van der Waals surface area contributed by atoms with Crippen molar-refractivity contribution in [2.45, 2.75) is 57.1 Å². The van der Waals surface area contributed by atoms with Crippen LogP contribution < -0.4 is 10.6 Å². The minimum Gasteiger partial charge on any atom is -0.446 e. The lowest BCUT2D eigenvalue weighted by molar-refractivity contribution is -0.127. The number of fused-ring (bicyclic) bond motifs is 3. The highest BCUT2D eigenvalue weighted by molar-refractivity contribution is 5.91. The van der Waals surface area contributed by atoms with E-state index in [0.29, 0.717) is 24.8 Å². The number of hydrogen-bond acceptors (Lipinski definition) is 3. The molecule has 3 N–H and O–H groups in total. The van der Waals surface area contributed by atoms with Gasteiger partial charge >= 0.3 is 6.09 Å². The molecule has 1 aromatic heterocycles. The Balaban J connectivity index is 1.29. The van der Waals surface area contributed by atoms with Crippen LogP contribution in [-0.2, 0) is 22.4 Å². The number of alkyl carbamates (subject to hydrolysis) is 1. The Morgan fingerprint density at radius 2 is 1.85 bits per heavy atom. The SMILES string of the molecule is C[C@@](Cc1c[nH]c2ccccc12)(NC(=O)O[C@@H]1C[C@H]2CC[C@@H]1C2)C(=O)NCCc1ccccc1. The van der Waals surface area contributed by atoms with Gasteiger partial charge in [0.1, 0.15) is 11.6 Å². The van der Waals surface area contributed by atoms with Gasteiger partial charge in [0.15, 0.2) is 0 Å². The fraction of sp³-hybridized carbons (Fsp3) is 0.429. The van der Waals surface area contributed by atoms with E-state index in [9.17, 15) is 9.59 Å². The normalized spacial score (nSPS) is 22.9. The molecule has 3 aromatic rings. The van der Waals surface area contributed by atoms with Crippen molar-refractivity contribution in [1.29, 1.82) is 0 Å². The molecule has 178 valence electrons. The minimum absolute atomic E-state index is 0.0303. The van der Waals surface area contributed by atoms with Gasteiger partial charge in [-0.2, -0.15) is 0 Å². The Hall–Kier alpha value is -3.28. The lowest BCUT2D eigenvalue weighted by Crippen LogP contribution is -2.59. The van der Waals surface area contributed by atoms with Crippen LogP contribution in [-0.4, -0.2) is 35.2 Å². The molecule has 1 heterocycles. The molecule has 2 aliphatic carbocycles. The lowest BCUT2D eigenvalue weighted by Gasteiger charge is -2.31. The van der Waals surface area contributed by atoms with Crippen molar-refractivity contribution in [3.8, 4) is 0 Å². The van der Waals surface area contributed by atoms with Crippen molar-refractivity contribution < 1.29 is 14.3 Å². The third kappa shape index (κ3) is 4.81. The molecule has 0 aliphatic heterocycles. The van der Waals surface area contributed by atoms with E-state index < -0.39 is 11.6 Å². The van der Waals surface area contributed by atoms with Crippen LogP contribution in [0, 0.1) is 11.8 Å². The Bertz CT molecular complexity index is 1160. The summed E-state index contributed by atoms with van der Waals surface area (Å²) < 4.78 is 5.83. The van der Waals surface area contributed by atoms with Crippen molar-refractivity contribution in [1.82, 2.24) is 15.6 Å². The summed E-state index contributed by atoms with van der Waals surface area (Å²) in [5, 5.41) is 7.03. The zero-order valence-electron chi connectivity index (χ0n) is 19.7. The summed E-state index contributed by atoms with van der Waals surface area (Å²) in [4.78, 5) is 29.7. The third-order valence-corrected chi connectivity index (χ3v) is 7.57. The highest BCUT2D eigenvalue weighted by Gasteiger charge is 2.43. The highest BCUT2D eigenvalue weighted by Crippen LogP contribution is 2.45. The number of carbonyl (C=O) groups is 2. The maximum Gasteiger partial charge on any atom is 0.408 e. The predicted octanol–water partition coefficient (Wildman–Crippen LogP) is 4.74. The first-order valence-electron chi connectivity index (χ1n) is 12.4. The summed E-state index contributed by atoms with van der Waals surface area (Å²) in [6, 6.07) is 18.0. The minimum atomic E-state index is -1.14. The molecule has 2 fully saturated rings. The van der Waals surface area contributed by atoms with Gasteiger partial charge in [-0.1, -0.05) is 48.5 Å². The molecule has 0 unspecified atom stereocenters. The molecule has 34 heavy (non-hydrogen) atoms. The number of carbonyl (C=O) groups excluding carboxylic acids is 2. The fourth-order valence-corrected chi connectivity index (χ4v) is 5.72.